The highest BCUT2D eigenvalue weighted by Gasteiger charge is 2.10. The maximum atomic E-state index is 6.03. The van der Waals surface area contributed by atoms with E-state index in [2.05, 4.69) is 45.6 Å². The molecule has 0 unspecified atom stereocenters. The lowest BCUT2D eigenvalue weighted by molar-refractivity contribution is 0.303. The summed E-state index contributed by atoms with van der Waals surface area (Å²) >= 11 is 5.23. The fraction of sp³-hybridized carbons (Fsp3) is 0.176. The smallest absolute Gasteiger partial charge is 0.125 e. The molecule has 0 fully saturated rings. The van der Waals surface area contributed by atoms with Crippen LogP contribution in [0.4, 0.5) is 0 Å². The van der Waals surface area contributed by atoms with Gasteiger partial charge in [0.15, 0.2) is 0 Å². The number of hydrogen-bond acceptors (Lipinski definition) is 3. The van der Waals surface area contributed by atoms with Crippen molar-refractivity contribution in [1.29, 1.82) is 0 Å². The molecule has 0 aliphatic heterocycles. The molecule has 2 nitrogen and oxygen atoms in total. The predicted octanol–water partition coefficient (Wildman–Crippen LogP) is 5.26. The van der Waals surface area contributed by atoms with Crippen molar-refractivity contribution in [1.82, 2.24) is 0 Å². The average molecular weight is 362 g/mol. The molecule has 1 heterocycles. The molecule has 0 saturated heterocycles. The molecule has 4 heteroatoms. The van der Waals surface area contributed by atoms with Gasteiger partial charge in [0.05, 0.1) is 0 Å². The lowest BCUT2D eigenvalue weighted by Gasteiger charge is -2.14. The van der Waals surface area contributed by atoms with Crippen molar-refractivity contribution in [3.05, 3.63) is 63.4 Å². The van der Waals surface area contributed by atoms with Crippen LogP contribution in [0.5, 0.6) is 5.75 Å². The highest BCUT2D eigenvalue weighted by atomic mass is 79.9. The first-order valence-electron chi connectivity index (χ1n) is 6.78. The minimum Gasteiger partial charge on any atom is -0.488 e. The highest BCUT2D eigenvalue weighted by molar-refractivity contribution is 9.10. The van der Waals surface area contributed by atoms with E-state index < -0.39 is 0 Å². The van der Waals surface area contributed by atoms with Gasteiger partial charge in [-0.15, -0.1) is 11.3 Å². The first-order valence-corrected chi connectivity index (χ1v) is 8.45. The molecule has 1 aromatic heterocycles. The van der Waals surface area contributed by atoms with Crippen molar-refractivity contribution in [2.75, 3.05) is 0 Å². The Morgan fingerprint density at radius 1 is 1.24 bits per heavy atom. The predicted molar refractivity (Wildman–Crippen MR) is 92.9 cm³/mol. The molecule has 2 N–H and O–H groups in total. The van der Waals surface area contributed by atoms with Gasteiger partial charge in [-0.05, 0) is 35.9 Å². The van der Waals surface area contributed by atoms with E-state index in [4.69, 9.17) is 10.5 Å². The van der Waals surface area contributed by atoms with Crippen molar-refractivity contribution in [2.24, 2.45) is 5.73 Å². The second-order valence-corrected chi connectivity index (χ2v) is 6.84. The molecule has 0 spiro atoms. The van der Waals surface area contributed by atoms with Gasteiger partial charge in [-0.2, -0.15) is 0 Å². The fourth-order valence-corrected chi connectivity index (χ4v) is 3.60. The minimum atomic E-state index is -0.0488. The molecule has 3 aromatic rings. The molecule has 0 saturated carbocycles. The summed E-state index contributed by atoms with van der Waals surface area (Å²) < 4.78 is 8.32. The largest absolute Gasteiger partial charge is 0.488 e. The van der Waals surface area contributed by atoms with Crippen LogP contribution in [-0.2, 0) is 6.61 Å². The van der Waals surface area contributed by atoms with Crippen LogP contribution >= 0.6 is 27.3 Å². The lowest BCUT2D eigenvalue weighted by atomic mass is 10.1. The monoisotopic (exact) mass is 361 g/mol. The van der Waals surface area contributed by atoms with Crippen LogP contribution in [0.2, 0.25) is 0 Å². The molecule has 0 bridgehead atoms. The standard InChI is InChI=1S/C17H16BrNOS/c1-11(19)14-7-6-13(18)8-16(14)20-9-12-10-21-17-5-3-2-4-15(12)17/h2-8,10-11H,9,19H2,1H3/t11-/m0/s1. The molecule has 0 aliphatic rings. The van der Waals surface area contributed by atoms with Crippen LogP contribution in [0.3, 0.4) is 0 Å². The number of ether oxygens (including phenoxy) is 1. The molecule has 0 aliphatic carbocycles. The zero-order valence-electron chi connectivity index (χ0n) is 11.7. The summed E-state index contributed by atoms with van der Waals surface area (Å²) in [5, 5.41) is 3.42. The topological polar surface area (TPSA) is 35.2 Å². The van der Waals surface area contributed by atoms with Gasteiger partial charge in [-0.3, -0.25) is 0 Å². The Labute approximate surface area is 136 Å². The van der Waals surface area contributed by atoms with E-state index in [0.29, 0.717) is 6.61 Å². The first-order chi connectivity index (χ1) is 10.1. The van der Waals surface area contributed by atoms with Gasteiger partial charge in [0.1, 0.15) is 12.4 Å². The Morgan fingerprint density at radius 3 is 2.86 bits per heavy atom. The Balaban J connectivity index is 1.86. The summed E-state index contributed by atoms with van der Waals surface area (Å²) in [6, 6.07) is 14.3. The van der Waals surface area contributed by atoms with Gasteiger partial charge in [0.2, 0.25) is 0 Å². The number of fused-ring (bicyclic) bond motifs is 1. The average Bonchev–Trinajstić information content (AvgIpc) is 2.88. The van der Waals surface area contributed by atoms with E-state index in [0.717, 1.165) is 15.8 Å². The Kier molecular flexibility index (Phi) is 4.29. The minimum absolute atomic E-state index is 0.0488. The van der Waals surface area contributed by atoms with Gasteiger partial charge in [-0.25, -0.2) is 0 Å². The molecule has 108 valence electrons. The summed E-state index contributed by atoms with van der Waals surface area (Å²) in [6.45, 7) is 2.52. The van der Waals surface area contributed by atoms with E-state index in [1.54, 1.807) is 11.3 Å². The summed E-state index contributed by atoms with van der Waals surface area (Å²) in [5.41, 5.74) is 8.25. The van der Waals surface area contributed by atoms with Gasteiger partial charge in [-0.1, -0.05) is 40.2 Å². The second kappa shape index (κ2) is 6.18. The van der Waals surface area contributed by atoms with Gasteiger partial charge in [0.25, 0.3) is 0 Å². The summed E-state index contributed by atoms with van der Waals surface area (Å²) in [4.78, 5) is 0. The summed E-state index contributed by atoms with van der Waals surface area (Å²) in [7, 11) is 0. The number of halogens is 1. The van der Waals surface area contributed by atoms with Crippen molar-refractivity contribution in [3.63, 3.8) is 0 Å². The van der Waals surface area contributed by atoms with Crippen LogP contribution in [0.1, 0.15) is 24.1 Å². The van der Waals surface area contributed by atoms with E-state index >= 15 is 0 Å². The van der Waals surface area contributed by atoms with Gasteiger partial charge in [0, 0.05) is 26.3 Å². The van der Waals surface area contributed by atoms with Crippen LogP contribution in [0.25, 0.3) is 10.1 Å². The second-order valence-electron chi connectivity index (χ2n) is 5.02. The van der Waals surface area contributed by atoms with Gasteiger partial charge >= 0.3 is 0 Å². The molecule has 1 atom stereocenters. The molecule has 21 heavy (non-hydrogen) atoms. The normalized spacial score (nSPS) is 12.5. The van der Waals surface area contributed by atoms with Crippen LogP contribution in [0, 0.1) is 0 Å². The molecule has 3 rings (SSSR count). The maximum Gasteiger partial charge on any atom is 0.125 e. The molecular formula is C17H16BrNOS. The Hall–Kier alpha value is -1.36. The van der Waals surface area contributed by atoms with E-state index in [9.17, 15) is 0 Å². The van der Waals surface area contributed by atoms with Crippen LogP contribution in [-0.4, -0.2) is 0 Å². The number of thiophene rings is 1. The number of hydrogen-bond donors (Lipinski definition) is 1. The van der Waals surface area contributed by atoms with Crippen molar-refractivity contribution < 1.29 is 4.74 Å². The number of benzene rings is 2. The van der Waals surface area contributed by atoms with E-state index in [-0.39, 0.29) is 6.04 Å². The molecule has 2 aromatic carbocycles. The molecule has 0 amide bonds. The number of nitrogens with two attached hydrogens (primary N) is 1. The Bertz CT molecular complexity index is 766. The third-order valence-corrected chi connectivity index (χ3v) is 4.92. The summed E-state index contributed by atoms with van der Waals surface area (Å²) in [6.07, 6.45) is 0. The van der Waals surface area contributed by atoms with Crippen LogP contribution in [0.15, 0.2) is 52.3 Å². The third-order valence-electron chi connectivity index (χ3n) is 3.41. The fourth-order valence-electron chi connectivity index (χ4n) is 2.31. The van der Waals surface area contributed by atoms with Crippen molar-refractivity contribution in [2.45, 2.75) is 19.6 Å². The van der Waals surface area contributed by atoms with Crippen molar-refractivity contribution in [3.8, 4) is 5.75 Å². The lowest BCUT2D eigenvalue weighted by Crippen LogP contribution is -2.08. The quantitative estimate of drug-likeness (QED) is 0.687. The van der Waals surface area contributed by atoms with E-state index in [1.807, 2.05) is 25.1 Å². The van der Waals surface area contributed by atoms with Crippen LogP contribution < -0.4 is 10.5 Å². The first kappa shape index (κ1) is 14.6. The van der Waals surface area contributed by atoms with Crippen molar-refractivity contribution >= 4 is 37.4 Å². The zero-order valence-corrected chi connectivity index (χ0v) is 14.1. The summed E-state index contributed by atoms with van der Waals surface area (Å²) in [5.74, 6) is 0.842. The number of rotatable bonds is 4. The maximum absolute atomic E-state index is 6.03. The molecular weight excluding hydrogens is 346 g/mol. The third kappa shape index (κ3) is 3.12. The highest BCUT2D eigenvalue weighted by Crippen LogP contribution is 2.30. The molecule has 0 radical (unpaired) electrons. The van der Waals surface area contributed by atoms with Gasteiger partial charge < -0.3 is 10.5 Å². The Morgan fingerprint density at radius 2 is 2.05 bits per heavy atom. The zero-order chi connectivity index (χ0) is 14.8. The van der Waals surface area contributed by atoms with E-state index in [1.165, 1.54) is 15.6 Å². The SMILES string of the molecule is C[C@H](N)c1ccc(Br)cc1OCc1csc2ccccc12.